The molecular weight excluding hydrogens is 566 g/mol. The van der Waals surface area contributed by atoms with Gasteiger partial charge in [-0.2, -0.15) is 0 Å². The summed E-state index contributed by atoms with van der Waals surface area (Å²) in [4.78, 5) is 40.5. The second-order valence-electron chi connectivity index (χ2n) is 10.1. The third kappa shape index (κ3) is 6.26. The fourth-order valence-corrected chi connectivity index (χ4v) is 5.36. The van der Waals surface area contributed by atoms with Gasteiger partial charge in [-0.1, -0.05) is 19.1 Å². The number of benzene rings is 3. The quantitative estimate of drug-likeness (QED) is 0.158. The predicted molar refractivity (Wildman–Crippen MR) is 163 cm³/mol. The lowest BCUT2D eigenvalue weighted by atomic mass is 9.97. The zero-order valence-electron chi connectivity index (χ0n) is 25.3. The van der Waals surface area contributed by atoms with Gasteiger partial charge in [0.1, 0.15) is 11.4 Å². The molecule has 1 aliphatic rings. The molecule has 0 amide bonds. The maximum atomic E-state index is 14.3. The van der Waals surface area contributed by atoms with Crippen molar-refractivity contribution < 1.29 is 38.0 Å². The van der Waals surface area contributed by atoms with Crippen LogP contribution >= 0.6 is 0 Å². The first-order chi connectivity index (χ1) is 21.4. The molecule has 4 aromatic rings. The number of carbonyl (C=O) groups excluding carboxylic acids is 2. The van der Waals surface area contributed by atoms with Crippen LogP contribution in [0.15, 0.2) is 59.4 Å². The molecule has 5 rings (SSSR count). The molecule has 44 heavy (non-hydrogen) atoms. The molecule has 2 heterocycles. The molecule has 0 saturated heterocycles. The second-order valence-corrected chi connectivity index (χ2v) is 10.1. The molecule has 0 aliphatic carbocycles. The van der Waals surface area contributed by atoms with Crippen molar-refractivity contribution in [2.24, 2.45) is 0 Å². The number of ether oxygens (including phenoxy) is 6. The Kier molecular flexibility index (Phi) is 9.50. The molecule has 0 saturated carbocycles. The van der Waals surface area contributed by atoms with E-state index in [4.69, 9.17) is 28.4 Å². The summed E-state index contributed by atoms with van der Waals surface area (Å²) in [6.07, 6.45) is 0.780. The number of nitrogens with zero attached hydrogens (tertiary/aromatic N) is 1. The number of carbonyl (C=O) groups is 2. The number of esters is 2. The van der Waals surface area contributed by atoms with E-state index in [2.05, 4.69) is 0 Å². The van der Waals surface area contributed by atoms with Gasteiger partial charge in [-0.05, 0) is 79.4 Å². The minimum absolute atomic E-state index is 0.00513. The van der Waals surface area contributed by atoms with E-state index in [0.29, 0.717) is 45.7 Å². The molecule has 0 fully saturated rings. The standard InChI is InChI=1S/C34H35NO9/c1-5-22-15-29-30(44-20-43-29)16-24(22)18-35-28-12-11-25(42-19-39-4)17-26(28)32(36)27(31(35)34(38)41-7-3)14-21-9-8-10-23(13-21)33(37)40-6-2/h8-13,15-17H,5-7,14,18-20H2,1-4H3. The van der Waals surface area contributed by atoms with E-state index in [0.717, 1.165) is 11.1 Å². The lowest BCUT2D eigenvalue weighted by Gasteiger charge is -2.21. The number of aromatic nitrogens is 1. The minimum Gasteiger partial charge on any atom is -0.468 e. The van der Waals surface area contributed by atoms with Crippen molar-refractivity contribution in [1.82, 2.24) is 4.57 Å². The smallest absolute Gasteiger partial charge is 0.355 e. The van der Waals surface area contributed by atoms with E-state index < -0.39 is 11.9 Å². The fourth-order valence-electron chi connectivity index (χ4n) is 5.36. The predicted octanol–water partition coefficient (Wildman–Crippen LogP) is 5.27. The first kappa shape index (κ1) is 30.6. The SMILES string of the molecule is CCOC(=O)c1cccc(Cc2c(C(=O)OCC)n(Cc3cc4c(cc3CC)OCO4)c3ccc(OCOC)cc3c2=O)c1. The van der Waals surface area contributed by atoms with Crippen LogP contribution in [0, 0.1) is 0 Å². The molecule has 0 spiro atoms. The summed E-state index contributed by atoms with van der Waals surface area (Å²) in [6.45, 7) is 6.24. The van der Waals surface area contributed by atoms with E-state index in [-0.39, 0.29) is 56.5 Å². The normalized spacial score (nSPS) is 11.9. The number of methoxy groups -OCH3 is 1. The maximum Gasteiger partial charge on any atom is 0.355 e. The molecule has 1 aliphatic heterocycles. The highest BCUT2D eigenvalue weighted by Gasteiger charge is 2.26. The van der Waals surface area contributed by atoms with Crippen molar-refractivity contribution in [2.75, 3.05) is 33.9 Å². The topological polar surface area (TPSA) is 112 Å². The van der Waals surface area contributed by atoms with Gasteiger partial charge in [-0.15, -0.1) is 0 Å². The van der Waals surface area contributed by atoms with E-state index in [9.17, 15) is 14.4 Å². The molecule has 0 N–H and O–H groups in total. The van der Waals surface area contributed by atoms with Crippen LogP contribution in [0.25, 0.3) is 10.9 Å². The van der Waals surface area contributed by atoms with Crippen molar-refractivity contribution in [1.29, 1.82) is 0 Å². The Morgan fingerprint density at radius 2 is 1.61 bits per heavy atom. The molecule has 0 radical (unpaired) electrons. The van der Waals surface area contributed by atoms with Crippen LogP contribution in [-0.4, -0.2) is 50.4 Å². The molecule has 0 unspecified atom stereocenters. The van der Waals surface area contributed by atoms with Gasteiger partial charge in [0.2, 0.25) is 6.79 Å². The van der Waals surface area contributed by atoms with Gasteiger partial charge >= 0.3 is 11.9 Å². The summed E-state index contributed by atoms with van der Waals surface area (Å²) in [5, 5.41) is 0.363. The number of hydrogen-bond acceptors (Lipinski definition) is 9. The molecular formula is C34H35NO9. The van der Waals surface area contributed by atoms with Crippen LogP contribution in [0.4, 0.5) is 0 Å². The Balaban J connectivity index is 1.75. The Bertz CT molecular complexity index is 1760. The lowest BCUT2D eigenvalue weighted by molar-refractivity contribution is 0.0507. The number of fused-ring (bicyclic) bond motifs is 2. The highest BCUT2D eigenvalue weighted by Crippen LogP contribution is 2.36. The third-order valence-electron chi connectivity index (χ3n) is 7.37. The third-order valence-corrected chi connectivity index (χ3v) is 7.37. The molecule has 10 nitrogen and oxygen atoms in total. The number of pyridine rings is 1. The summed E-state index contributed by atoms with van der Waals surface area (Å²) in [5.41, 5.74) is 3.49. The first-order valence-corrected chi connectivity index (χ1v) is 14.5. The average Bonchev–Trinajstić information content (AvgIpc) is 3.49. The van der Waals surface area contributed by atoms with Crippen LogP contribution in [0.5, 0.6) is 17.2 Å². The van der Waals surface area contributed by atoms with E-state index in [1.54, 1.807) is 56.3 Å². The summed E-state index contributed by atoms with van der Waals surface area (Å²) >= 11 is 0. The molecule has 3 aromatic carbocycles. The van der Waals surface area contributed by atoms with Crippen LogP contribution < -0.4 is 19.6 Å². The zero-order chi connectivity index (χ0) is 31.2. The van der Waals surface area contributed by atoms with Crippen molar-refractivity contribution in [3.63, 3.8) is 0 Å². The van der Waals surface area contributed by atoms with Gasteiger partial charge in [0.15, 0.2) is 23.7 Å². The summed E-state index contributed by atoms with van der Waals surface area (Å²) in [6, 6.07) is 15.9. The number of rotatable bonds is 12. The molecule has 0 atom stereocenters. The van der Waals surface area contributed by atoms with Crippen LogP contribution in [-0.2, 0) is 33.6 Å². The van der Waals surface area contributed by atoms with Gasteiger partial charge in [0.05, 0.1) is 24.3 Å². The Morgan fingerprint density at radius 1 is 0.886 bits per heavy atom. The highest BCUT2D eigenvalue weighted by atomic mass is 16.7. The number of hydrogen-bond donors (Lipinski definition) is 0. The molecule has 0 bridgehead atoms. The van der Waals surface area contributed by atoms with Gasteiger partial charge in [-0.3, -0.25) is 4.79 Å². The summed E-state index contributed by atoms with van der Waals surface area (Å²) in [5.74, 6) is 0.640. The largest absolute Gasteiger partial charge is 0.468 e. The Morgan fingerprint density at radius 3 is 2.32 bits per heavy atom. The lowest BCUT2D eigenvalue weighted by Crippen LogP contribution is -2.26. The van der Waals surface area contributed by atoms with Crippen LogP contribution in [0.3, 0.4) is 0 Å². The van der Waals surface area contributed by atoms with Crippen LogP contribution in [0.1, 0.15) is 63.9 Å². The van der Waals surface area contributed by atoms with Gasteiger partial charge in [-0.25, -0.2) is 9.59 Å². The van der Waals surface area contributed by atoms with Crippen molar-refractivity contribution in [3.8, 4) is 17.2 Å². The average molecular weight is 602 g/mol. The van der Waals surface area contributed by atoms with Crippen LogP contribution in [0.2, 0.25) is 0 Å². The zero-order valence-corrected chi connectivity index (χ0v) is 25.3. The Hall–Kier alpha value is -4.83. The van der Waals surface area contributed by atoms with E-state index in [1.165, 1.54) is 7.11 Å². The highest BCUT2D eigenvalue weighted by molar-refractivity contribution is 5.94. The van der Waals surface area contributed by atoms with E-state index in [1.807, 2.05) is 23.6 Å². The molecule has 230 valence electrons. The minimum atomic E-state index is -0.624. The summed E-state index contributed by atoms with van der Waals surface area (Å²) in [7, 11) is 1.51. The molecule has 1 aromatic heterocycles. The maximum absolute atomic E-state index is 14.3. The number of aryl methyl sites for hydroxylation is 1. The van der Waals surface area contributed by atoms with Gasteiger partial charge < -0.3 is 33.0 Å². The van der Waals surface area contributed by atoms with Crippen molar-refractivity contribution >= 4 is 22.8 Å². The second kappa shape index (κ2) is 13.6. The van der Waals surface area contributed by atoms with Crippen molar-refractivity contribution in [2.45, 2.75) is 40.2 Å². The monoisotopic (exact) mass is 601 g/mol. The molecule has 10 heteroatoms. The van der Waals surface area contributed by atoms with Gasteiger partial charge in [0.25, 0.3) is 0 Å². The van der Waals surface area contributed by atoms with Crippen molar-refractivity contribution in [3.05, 3.63) is 98.3 Å². The first-order valence-electron chi connectivity index (χ1n) is 14.5. The fraction of sp³-hybridized carbons (Fsp3) is 0.324. The van der Waals surface area contributed by atoms with E-state index >= 15 is 0 Å². The Labute approximate surface area is 255 Å². The van der Waals surface area contributed by atoms with Gasteiger partial charge in [0, 0.05) is 31.0 Å². The summed E-state index contributed by atoms with van der Waals surface area (Å²) < 4.78 is 34.5.